The van der Waals surface area contributed by atoms with Gasteiger partial charge in [0.1, 0.15) is 5.60 Å². The van der Waals surface area contributed by atoms with Crippen LogP contribution in [0, 0.1) is 0 Å². The fraction of sp³-hybridized carbons (Fsp3) is 0.625. The number of hydrogen-bond acceptors (Lipinski definition) is 4. The molecule has 0 radical (unpaired) electrons. The van der Waals surface area contributed by atoms with Crippen molar-refractivity contribution in [3.8, 4) is 0 Å². The summed E-state index contributed by atoms with van der Waals surface area (Å²) in [5.41, 5.74) is 0.468. The number of rotatable bonds is 7. The third-order valence-electron chi connectivity index (χ3n) is 2.88. The van der Waals surface area contributed by atoms with Crippen LogP contribution in [0.15, 0.2) is 21.2 Å². The van der Waals surface area contributed by atoms with Crippen LogP contribution in [0.3, 0.4) is 0 Å². The monoisotopic (exact) mass is 449 g/mol. The van der Waals surface area contributed by atoms with E-state index in [1.807, 2.05) is 33.8 Å². The number of carbonyl (C=O) groups excluding carboxylic acids is 1. The van der Waals surface area contributed by atoms with Crippen molar-refractivity contribution < 1.29 is 9.53 Å². The van der Waals surface area contributed by atoms with Crippen molar-refractivity contribution in [2.45, 2.75) is 46.3 Å². The molecule has 1 rings (SSSR count). The van der Waals surface area contributed by atoms with E-state index < -0.39 is 5.60 Å². The molecule has 130 valence electrons. The van der Waals surface area contributed by atoms with Gasteiger partial charge in [-0.1, -0.05) is 6.92 Å². The molecule has 0 aliphatic heterocycles. The van der Waals surface area contributed by atoms with Crippen molar-refractivity contribution in [2.24, 2.45) is 0 Å². The zero-order chi connectivity index (χ0) is 17.5. The summed E-state index contributed by atoms with van der Waals surface area (Å²) in [6, 6.07) is 1.97. The van der Waals surface area contributed by atoms with Gasteiger partial charge < -0.3 is 15.0 Å². The minimum Gasteiger partial charge on any atom is -0.444 e. The molecule has 23 heavy (non-hydrogen) atoms. The second kappa shape index (κ2) is 9.59. The lowest BCUT2D eigenvalue weighted by Gasteiger charge is -2.27. The molecule has 0 aliphatic rings. The Morgan fingerprint density at radius 2 is 2.04 bits per heavy atom. The Labute approximate surface area is 155 Å². The van der Waals surface area contributed by atoms with Crippen LogP contribution in [0.2, 0.25) is 0 Å². The predicted octanol–water partition coefficient (Wildman–Crippen LogP) is 4.34. The smallest absolute Gasteiger partial charge is 0.410 e. The summed E-state index contributed by atoms with van der Waals surface area (Å²) >= 11 is 6.88. The summed E-state index contributed by atoms with van der Waals surface area (Å²) in [4.78, 5) is 18.2. The molecule has 0 bridgehead atoms. The molecule has 0 unspecified atom stereocenters. The molecule has 0 aromatic carbocycles. The Kier molecular flexibility index (Phi) is 8.50. The van der Waals surface area contributed by atoms with Crippen molar-refractivity contribution >= 4 is 38.0 Å². The normalized spacial score (nSPS) is 11.4. The van der Waals surface area contributed by atoms with Gasteiger partial charge in [0.25, 0.3) is 0 Å². The Morgan fingerprint density at radius 1 is 1.35 bits per heavy atom. The van der Waals surface area contributed by atoms with Crippen molar-refractivity contribution in [1.82, 2.24) is 15.2 Å². The first kappa shape index (κ1) is 20.4. The number of nitrogens with one attached hydrogen (secondary N) is 1. The lowest BCUT2D eigenvalue weighted by Crippen LogP contribution is -2.40. The molecule has 1 amide bonds. The molecule has 1 aromatic heterocycles. The summed E-state index contributed by atoms with van der Waals surface area (Å²) in [7, 11) is 0. The Balaban J connectivity index is 2.45. The van der Waals surface area contributed by atoms with Crippen LogP contribution in [0.25, 0.3) is 0 Å². The van der Waals surface area contributed by atoms with E-state index in [2.05, 4.69) is 42.2 Å². The highest BCUT2D eigenvalue weighted by Gasteiger charge is 2.21. The first-order valence-electron chi connectivity index (χ1n) is 7.71. The highest BCUT2D eigenvalue weighted by molar-refractivity contribution is 9.11. The van der Waals surface area contributed by atoms with Gasteiger partial charge in [-0.05, 0) is 65.1 Å². The maximum atomic E-state index is 12.2. The lowest BCUT2D eigenvalue weighted by molar-refractivity contribution is 0.0252. The average Bonchev–Trinajstić information content (AvgIpc) is 2.42. The molecule has 0 saturated heterocycles. The van der Waals surface area contributed by atoms with Gasteiger partial charge in [0.2, 0.25) is 0 Å². The second-order valence-corrected chi connectivity index (χ2v) is 8.00. The third kappa shape index (κ3) is 8.13. The highest BCUT2D eigenvalue weighted by Crippen LogP contribution is 2.19. The number of amides is 1. The van der Waals surface area contributed by atoms with E-state index in [-0.39, 0.29) is 6.09 Å². The molecular formula is C16H25Br2N3O2. The van der Waals surface area contributed by atoms with Crippen LogP contribution in [0.4, 0.5) is 4.79 Å². The van der Waals surface area contributed by atoms with Crippen LogP contribution >= 0.6 is 31.9 Å². The largest absolute Gasteiger partial charge is 0.444 e. The van der Waals surface area contributed by atoms with Crippen LogP contribution in [0.1, 0.15) is 39.8 Å². The SMILES string of the molecule is CCCN(CCNCc1ncc(Br)cc1Br)C(=O)OC(C)(C)C. The first-order chi connectivity index (χ1) is 10.7. The Hall–Kier alpha value is -0.660. The number of aromatic nitrogens is 1. The van der Waals surface area contributed by atoms with Crippen LogP contribution in [-0.4, -0.2) is 41.2 Å². The summed E-state index contributed by atoms with van der Waals surface area (Å²) in [6.07, 6.45) is 2.41. The minimum absolute atomic E-state index is 0.260. The molecular weight excluding hydrogens is 426 g/mol. The summed E-state index contributed by atoms with van der Waals surface area (Å²) < 4.78 is 7.33. The van der Waals surface area contributed by atoms with Crippen molar-refractivity contribution in [2.75, 3.05) is 19.6 Å². The molecule has 0 saturated carbocycles. The van der Waals surface area contributed by atoms with Crippen molar-refractivity contribution in [3.63, 3.8) is 0 Å². The topological polar surface area (TPSA) is 54.5 Å². The Morgan fingerprint density at radius 3 is 2.61 bits per heavy atom. The third-order valence-corrected chi connectivity index (χ3v) is 4.00. The molecule has 0 atom stereocenters. The van der Waals surface area contributed by atoms with Crippen LogP contribution in [-0.2, 0) is 11.3 Å². The molecule has 5 nitrogen and oxygen atoms in total. The van der Waals surface area contributed by atoms with Crippen molar-refractivity contribution in [1.29, 1.82) is 0 Å². The second-order valence-electron chi connectivity index (χ2n) is 6.23. The molecule has 1 heterocycles. The van der Waals surface area contributed by atoms with Crippen molar-refractivity contribution in [3.05, 3.63) is 26.9 Å². The number of halogens is 2. The van der Waals surface area contributed by atoms with Gasteiger partial charge in [0, 0.05) is 41.3 Å². The maximum Gasteiger partial charge on any atom is 0.410 e. The fourth-order valence-electron chi connectivity index (χ4n) is 1.88. The number of nitrogens with zero attached hydrogens (tertiary/aromatic N) is 2. The van der Waals surface area contributed by atoms with Gasteiger partial charge in [0.05, 0.1) is 5.69 Å². The lowest BCUT2D eigenvalue weighted by atomic mass is 10.2. The molecule has 0 spiro atoms. The molecule has 1 N–H and O–H groups in total. The zero-order valence-corrected chi connectivity index (χ0v) is 17.3. The minimum atomic E-state index is -0.470. The van der Waals surface area contributed by atoms with Gasteiger partial charge in [-0.2, -0.15) is 0 Å². The average molecular weight is 451 g/mol. The maximum absolute atomic E-state index is 12.2. The summed E-state index contributed by atoms with van der Waals surface area (Å²) in [5, 5.41) is 3.31. The van der Waals surface area contributed by atoms with Crippen LogP contribution in [0.5, 0.6) is 0 Å². The number of hydrogen-bond donors (Lipinski definition) is 1. The molecule has 0 aliphatic carbocycles. The number of ether oxygens (including phenoxy) is 1. The van der Waals surface area contributed by atoms with E-state index in [1.54, 1.807) is 11.1 Å². The van der Waals surface area contributed by atoms with E-state index in [0.717, 1.165) is 21.1 Å². The zero-order valence-electron chi connectivity index (χ0n) is 14.2. The van der Waals surface area contributed by atoms with Gasteiger partial charge >= 0.3 is 6.09 Å². The molecule has 0 fully saturated rings. The number of pyridine rings is 1. The van der Waals surface area contributed by atoms with E-state index in [9.17, 15) is 4.79 Å². The van der Waals surface area contributed by atoms with Gasteiger partial charge in [-0.15, -0.1) is 0 Å². The quantitative estimate of drug-likeness (QED) is 0.627. The summed E-state index contributed by atoms with van der Waals surface area (Å²) in [6.45, 7) is 10.3. The predicted molar refractivity (Wildman–Crippen MR) is 99.4 cm³/mol. The highest BCUT2D eigenvalue weighted by atomic mass is 79.9. The number of carbonyl (C=O) groups is 1. The van der Waals surface area contributed by atoms with E-state index in [0.29, 0.717) is 26.2 Å². The molecule has 7 heteroatoms. The van der Waals surface area contributed by atoms with E-state index in [4.69, 9.17) is 4.74 Å². The standard InChI is InChI=1S/C16H25Br2N3O2/c1-5-7-21(15(22)23-16(2,3)4)8-6-19-11-14-13(18)9-12(17)10-20-14/h9-10,19H,5-8,11H2,1-4H3. The molecule has 1 aromatic rings. The van der Waals surface area contributed by atoms with E-state index in [1.165, 1.54) is 0 Å². The summed E-state index contributed by atoms with van der Waals surface area (Å²) in [5.74, 6) is 0. The van der Waals surface area contributed by atoms with Gasteiger partial charge in [0.15, 0.2) is 0 Å². The Bertz CT molecular complexity index is 519. The fourth-order valence-corrected chi connectivity index (χ4v) is 3.01. The van der Waals surface area contributed by atoms with Gasteiger partial charge in [-0.3, -0.25) is 4.98 Å². The van der Waals surface area contributed by atoms with E-state index >= 15 is 0 Å². The first-order valence-corrected chi connectivity index (χ1v) is 9.30. The van der Waals surface area contributed by atoms with Crippen LogP contribution < -0.4 is 5.32 Å². The van der Waals surface area contributed by atoms with Gasteiger partial charge in [-0.25, -0.2) is 4.79 Å².